The SMILES string of the molecule is CC(C)c1ccc(C(O)CC(F)F)cc1. The minimum absolute atomic E-state index is 0.409. The smallest absolute Gasteiger partial charge is 0.241 e. The van der Waals surface area contributed by atoms with Gasteiger partial charge in [0.2, 0.25) is 6.43 Å². The van der Waals surface area contributed by atoms with Gasteiger partial charge >= 0.3 is 0 Å². The van der Waals surface area contributed by atoms with Crippen LogP contribution in [0.5, 0.6) is 0 Å². The first-order valence-electron chi connectivity index (χ1n) is 5.06. The lowest BCUT2D eigenvalue weighted by Gasteiger charge is -2.12. The van der Waals surface area contributed by atoms with Gasteiger partial charge in [0.25, 0.3) is 0 Å². The molecule has 1 unspecified atom stereocenters. The largest absolute Gasteiger partial charge is 0.388 e. The number of aliphatic hydroxyl groups excluding tert-OH is 1. The maximum absolute atomic E-state index is 12.0. The predicted molar refractivity (Wildman–Crippen MR) is 56.1 cm³/mol. The molecule has 0 aromatic heterocycles. The molecule has 0 aliphatic heterocycles. The van der Waals surface area contributed by atoms with Gasteiger partial charge in [-0.3, -0.25) is 0 Å². The number of rotatable bonds is 4. The van der Waals surface area contributed by atoms with Crippen LogP contribution in [0.4, 0.5) is 8.78 Å². The van der Waals surface area contributed by atoms with Crippen molar-refractivity contribution >= 4 is 0 Å². The first kappa shape index (κ1) is 12.1. The predicted octanol–water partition coefficient (Wildman–Crippen LogP) is 3.50. The van der Waals surface area contributed by atoms with Gasteiger partial charge in [-0.05, 0) is 17.0 Å². The Bertz CT molecular complexity index is 293. The molecule has 1 atom stereocenters. The second-order valence-corrected chi connectivity index (χ2v) is 3.96. The van der Waals surface area contributed by atoms with E-state index in [0.717, 1.165) is 5.56 Å². The monoisotopic (exact) mass is 214 g/mol. The fraction of sp³-hybridized carbons (Fsp3) is 0.500. The maximum Gasteiger partial charge on any atom is 0.241 e. The summed E-state index contributed by atoms with van der Waals surface area (Å²) in [6.07, 6.45) is -4.03. The number of benzene rings is 1. The Morgan fingerprint density at radius 3 is 1.93 bits per heavy atom. The van der Waals surface area contributed by atoms with Gasteiger partial charge in [0.05, 0.1) is 6.10 Å². The molecule has 1 nitrogen and oxygen atoms in total. The van der Waals surface area contributed by atoms with Crippen molar-refractivity contribution in [3.8, 4) is 0 Å². The highest BCUT2D eigenvalue weighted by Crippen LogP contribution is 2.22. The van der Waals surface area contributed by atoms with E-state index in [1.54, 1.807) is 12.1 Å². The Labute approximate surface area is 88.7 Å². The van der Waals surface area contributed by atoms with E-state index in [9.17, 15) is 13.9 Å². The highest BCUT2D eigenvalue weighted by Gasteiger charge is 2.14. The van der Waals surface area contributed by atoms with Crippen LogP contribution in [0.2, 0.25) is 0 Å². The molecule has 0 bridgehead atoms. The normalized spacial score (nSPS) is 13.5. The van der Waals surface area contributed by atoms with Gasteiger partial charge < -0.3 is 5.11 Å². The van der Waals surface area contributed by atoms with E-state index < -0.39 is 19.0 Å². The lowest BCUT2D eigenvalue weighted by atomic mass is 9.99. The Kier molecular flexibility index (Phi) is 4.21. The van der Waals surface area contributed by atoms with Crippen LogP contribution in [0.1, 0.15) is 43.4 Å². The fourth-order valence-corrected chi connectivity index (χ4v) is 1.41. The molecule has 84 valence electrons. The van der Waals surface area contributed by atoms with Crippen molar-refractivity contribution in [3.63, 3.8) is 0 Å². The summed E-state index contributed by atoms with van der Waals surface area (Å²) in [5.41, 5.74) is 1.70. The highest BCUT2D eigenvalue weighted by atomic mass is 19.3. The average Bonchev–Trinajstić information content (AvgIpc) is 2.17. The molecule has 0 saturated heterocycles. The van der Waals surface area contributed by atoms with Gasteiger partial charge in [0.15, 0.2) is 0 Å². The average molecular weight is 214 g/mol. The van der Waals surface area contributed by atoms with Gasteiger partial charge in [-0.2, -0.15) is 0 Å². The van der Waals surface area contributed by atoms with Crippen molar-refractivity contribution in [2.75, 3.05) is 0 Å². The minimum atomic E-state index is -2.47. The van der Waals surface area contributed by atoms with Crippen molar-refractivity contribution in [1.82, 2.24) is 0 Å². The first-order chi connectivity index (χ1) is 7.00. The summed E-state index contributed by atoms with van der Waals surface area (Å²) in [4.78, 5) is 0. The molecule has 0 spiro atoms. The molecule has 1 rings (SSSR count). The Balaban J connectivity index is 2.71. The molecular formula is C12H16F2O. The van der Waals surface area contributed by atoms with Gasteiger partial charge in [-0.1, -0.05) is 38.1 Å². The number of hydrogen-bond acceptors (Lipinski definition) is 1. The molecule has 1 N–H and O–H groups in total. The molecule has 0 saturated carbocycles. The summed E-state index contributed by atoms with van der Waals surface area (Å²) in [7, 11) is 0. The number of hydrogen-bond donors (Lipinski definition) is 1. The van der Waals surface area contributed by atoms with Crippen LogP contribution in [-0.4, -0.2) is 11.5 Å². The molecule has 0 aliphatic carbocycles. The molecule has 0 heterocycles. The van der Waals surface area contributed by atoms with Crippen molar-refractivity contribution in [1.29, 1.82) is 0 Å². The van der Waals surface area contributed by atoms with Crippen molar-refractivity contribution < 1.29 is 13.9 Å². The summed E-state index contributed by atoms with van der Waals surface area (Å²) < 4.78 is 24.0. The molecule has 0 amide bonds. The lowest BCUT2D eigenvalue weighted by Crippen LogP contribution is -2.03. The zero-order valence-corrected chi connectivity index (χ0v) is 8.95. The quantitative estimate of drug-likeness (QED) is 0.813. The van der Waals surface area contributed by atoms with E-state index >= 15 is 0 Å². The molecule has 15 heavy (non-hydrogen) atoms. The second-order valence-electron chi connectivity index (χ2n) is 3.96. The van der Waals surface area contributed by atoms with E-state index in [2.05, 4.69) is 13.8 Å². The van der Waals surface area contributed by atoms with Gasteiger partial charge in [0.1, 0.15) is 0 Å². The zero-order valence-electron chi connectivity index (χ0n) is 8.95. The van der Waals surface area contributed by atoms with E-state index in [-0.39, 0.29) is 0 Å². The van der Waals surface area contributed by atoms with Crippen LogP contribution < -0.4 is 0 Å². The Morgan fingerprint density at radius 2 is 1.53 bits per heavy atom. The topological polar surface area (TPSA) is 20.2 Å². The first-order valence-corrected chi connectivity index (χ1v) is 5.06. The van der Waals surface area contributed by atoms with Crippen LogP contribution in [0.3, 0.4) is 0 Å². The van der Waals surface area contributed by atoms with Gasteiger partial charge in [-0.15, -0.1) is 0 Å². The molecular weight excluding hydrogens is 198 g/mol. The summed E-state index contributed by atoms with van der Waals surface area (Å²) in [6, 6.07) is 7.16. The number of alkyl halides is 2. The Hall–Kier alpha value is -0.960. The summed E-state index contributed by atoms with van der Waals surface area (Å²) >= 11 is 0. The van der Waals surface area contributed by atoms with Crippen molar-refractivity contribution in [2.24, 2.45) is 0 Å². The molecule has 1 aromatic carbocycles. The van der Waals surface area contributed by atoms with Crippen LogP contribution in [0, 0.1) is 0 Å². The highest BCUT2D eigenvalue weighted by molar-refractivity contribution is 5.26. The van der Waals surface area contributed by atoms with Crippen LogP contribution in [0.25, 0.3) is 0 Å². The third-order valence-electron chi connectivity index (χ3n) is 2.39. The molecule has 0 radical (unpaired) electrons. The van der Waals surface area contributed by atoms with E-state index in [0.29, 0.717) is 11.5 Å². The standard InChI is InChI=1S/C12H16F2O/c1-8(2)9-3-5-10(6-4-9)11(15)7-12(13)14/h3-6,8,11-12,15H,7H2,1-2H3. The minimum Gasteiger partial charge on any atom is -0.388 e. The van der Waals surface area contributed by atoms with E-state index in [1.165, 1.54) is 0 Å². The van der Waals surface area contributed by atoms with Crippen LogP contribution >= 0.6 is 0 Å². The lowest BCUT2D eigenvalue weighted by molar-refractivity contribution is 0.0611. The zero-order chi connectivity index (χ0) is 11.4. The molecule has 1 aromatic rings. The summed E-state index contributed by atoms with van der Waals surface area (Å²) in [6.45, 7) is 4.12. The van der Waals surface area contributed by atoms with Crippen molar-refractivity contribution in [2.45, 2.75) is 38.7 Å². The van der Waals surface area contributed by atoms with Gasteiger partial charge in [0, 0.05) is 6.42 Å². The van der Waals surface area contributed by atoms with Crippen molar-refractivity contribution in [3.05, 3.63) is 35.4 Å². The number of halogens is 2. The molecule has 0 aliphatic rings. The third-order valence-corrected chi connectivity index (χ3v) is 2.39. The van der Waals surface area contributed by atoms with Crippen LogP contribution in [0.15, 0.2) is 24.3 Å². The molecule has 0 fully saturated rings. The van der Waals surface area contributed by atoms with E-state index in [4.69, 9.17) is 0 Å². The molecule has 3 heteroatoms. The third kappa shape index (κ3) is 3.59. The Morgan fingerprint density at radius 1 is 1.07 bits per heavy atom. The van der Waals surface area contributed by atoms with E-state index in [1.807, 2.05) is 12.1 Å². The fourth-order valence-electron chi connectivity index (χ4n) is 1.41. The summed E-state index contributed by atoms with van der Waals surface area (Å²) in [5.74, 6) is 0.409. The summed E-state index contributed by atoms with van der Waals surface area (Å²) in [5, 5.41) is 9.44. The second kappa shape index (κ2) is 5.21. The van der Waals surface area contributed by atoms with Gasteiger partial charge in [-0.25, -0.2) is 8.78 Å². The number of aliphatic hydroxyl groups is 1. The van der Waals surface area contributed by atoms with Crippen LogP contribution in [-0.2, 0) is 0 Å². The maximum atomic E-state index is 12.0.